The topological polar surface area (TPSA) is 107 Å². The Balaban J connectivity index is 1.39. The van der Waals surface area contributed by atoms with Crippen molar-refractivity contribution in [2.24, 2.45) is 0 Å². The molecule has 2 atom stereocenters. The average Bonchev–Trinajstić information content (AvgIpc) is 3.65. The third kappa shape index (κ3) is 6.50. The van der Waals surface area contributed by atoms with E-state index >= 15 is 0 Å². The van der Waals surface area contributed by atoms with Gasteiger partial charge in [-0.25, -0.2) is 9.97 Å². The van der Waals surface area contributed by atoms with Gasteiger partial charge in [0, 0.05) is 48.1 Å². The highest BCUT2D eigenvalue weighted by Crippen LogP contribution is 2.30. The van der Waals surface area contributed by atoms with E-state index in [0.717, 1.165) is 36.9 Å². The Morgan fingerprint density at radius 3 is 2.55 bits per heavy atom. The number of carbonyl (C=O) groups is 2. The molecule has 0 bridgehead atoms. The summed E-state index contributed by atoms with van der Waals surface area (Å²) in [5, 5.41) is 5.46. The lowest BCUT2D eigenvalue weighted by atomic mass is 10.0. The van der Waals surface area contributed by atoms with E-state index in [-0.39, 0.29) is 11.9 Å². The fourth-order valence-corrected chi connectivity index (χ4v) is 5.10. The van der Waals surface area contributed by atoms with Gasteiger partial charge in [-0.3, -0.25) is 14.2 Å². The molecule has 1 aliphatic carbocycles. The maximum absolute atomic E-state index is 13.6. The molecule has 11 heteroatoms. The van der Waals surface area contributed by atoms with Crippen molar-refractivity contribution in [1.82, 2.24) is 25.2 Å². The molecule has 2 aromatic heterocycles. The number of hydrogen-bond donors (Lipinski definition) is 2. The monoisotopic (exact) mass is 577 g/mol. The van der Waals surface area contributed by atoms with E-state index in [1.807, 2.05) is 28.8 Å². The lowest BCUT2D eigenvalue weighted by molar-refractivity contribution is -0.144. The zero-order valence-electron chi connectivity index (χ0n) is 23.6. The molecule has 2 amide bonds. The van der Waals surface area contributed by atoms with Gasteiger partial charge in [0.15, 0.2) is 0 Å². The lowest BCUT2D eigenvalue weighted by Crippen LogP contribution is -2.46. The van der Waals surface area contributed by atoms with E-state index in [0.29, 0.717) is 35.2 Å². The van der Waals surface area contributed by atoms with Crippen LogP contribution in [-0.2, 0) is 4.79 Å². The molecule has 4 aromatic rings. The van der Waals surface area contributed by atoms with E-state index in [9.17, 15) is 18.4 Å². The quantitative estimate of drug-likeness (QED) is 0.262. The van der Waals surface area contributed by atoms with Crippen molar-refractivity contribution in [3.05, 3.63) is 78.2 Å². The minimum atomic E-state index is -3.54. The molecule has 220 valence electrons. The summed E-state index contributed by atoms with van der Waals surface area (Å²) in [7, 11) is 1.48. The van der Waals surface area contributed by atoms with Gasteiger partial charge in [-0.05, 0) is 56.2 Å². The summed E-state index contributed by atoms with van der Waals surface area (Å²) in [6.45, 7) is 2.13. The fraction of sp³-hybridized carbons (Fsp3) is 0.355. The number of halogens is 2. The Morgan fingerprint density at radius 2 is 1.86 bits per heavy atom. The van der Waals surface area contributed by atoms with Crippen LogP contribution in [0.15, 0.2) is 67.1 Å². The highest BCUT2D eigenvalue weighted by atomic mass is 19.3. The molecule has 9 nitrogen and oxygen atoms in total. The minimum Gasteiger partial charge on any atom is -0.483 e. The minimum absolute atomic E-state index is 0.0926. The van der Waals surface area contributed by atoms with Gasteiger partial charge in [0.25, 0.3) is 11.8 Å². The fourth-order valence-electron chi connectivity index (χ4n) is 5.10. The summed E-state index contributed by atoms with van der Waals surface area (Å²) < 4.78 is 40.5. The Labute approximate surface area is 242 Å². The van der Waals surface area contributed by atoms with Crippen LogP contribution < -0.4 is 20.1 Å². The maximum Gasteiger partial charge on any atom is 0.321 e. The molecular formula is C31H33F2N5O4. The van der Waals surface area contributed by atoms with Crippen LogP contribution in [0.5, 0.6) is 11.6 Å². The van der Waals surface area contributed by atoms with Gasteiger partial charge in [-0.2, -0.15) is 8.78 Å². The van der Waals surface area contributed by atoms with Gasteiger partial charge >= 0.3 is 5.92 Å². The molecule has 1 unspecified atom stereocenters. The average molecular weight is 578 g/mol. The number of nitrogens with zero attached hydrogens (tertiary/aromatic N) is 3. The number of hydrogen-bond acceptors (Lipinski definition) is 6. The van der Waals surface area contributed by atoms with Crippen LogP contribution in [-0.4, -0.2) is 51.5 Å². The van der Waals surface area contributed by atoms with Crippen LogP contribution in [0.3, 0.4) is 0 Å². The molecule has 2 heterocycles. The van der Waals surface area contributed by atoms with Crippen molar-refractivity contribution in [3.63, 3.8) is 0 Å². The summed E-state index contributed by atoms with van der Waals surface area (Å²) in [5.74, 6) is -4.25. The molecule has 42 heavy (non-hydrogen) atoms. The lowest BCUT2D eigenvalue weighted by Gasteiger charge is -2.27. The predicted octanol–water partition coefficient (Wildman–Crippen LogP) is 5.38. The summed E-state index contributed by atoms with van der Waals surface area (Å²) in [4.78, 5) is 33.6. The van der Waals surface area contributed by atoms with E-state index in [2.05, 4.69) is 20.6 Å². The number of fused-ring (bicyclic) bond motifs is 1. The summed E-state index contributed by atoms with van der Waals surface area (Å²) in [6.07, 6.45) is 6.63. The Morgan fingerprint density at radius 1 is 1.07 bits per heavy atom. The van der Waals surface area contributed by atoms with Crippen LogP contribution in [0.2, 0.25) is 0 Å². The molecule has 2 aromatic carbocycles. The molecule has 2 N–H and O–H groups in total. The van der Waals surface area contributed by atoms with Gasteiger partial charge in [0.2, 0.25) is 5.88 Å². The number of carbonyl (C=O) groups excluding carboxylic acids is 2. The van der Waals surface area contributed by atoms with Crippen LogP contribution >= 0.6 is 0 Å². The molecule has 0 spiro atoms. The van der Waals surface area contributed by atoms with Gasteiger partial charge in [-0.1, -0.05) is 18.9 Å². The number of pyridine rings is 1. The Kier molecular flexibility index (Phi) is 8.37. The first-order chi connectivity index (χ1) is 20.1. The molecule has 0 saturated heterocycles. The third-order valence-electron chi connectivity index (χ3n) is 7.37. The van der Waals surface area contributed by atoms with E-state index < -0.39 is 24.0 Å². The van der Waals surface area contributed by atoms with Crippen LogP contribution in [0, 0.1) is 0 Å². The van der Waals surface area contributed by atoms with Crippen molar-refractivity contribution < 1.29 is 27.8 Å². The number of ether oxygens (including phenoxy) is 2. The highest BCUT2D eigenvalue weighted by molar-refractivity contribution is 5.95. The molecule has 1 aliphatic rings. The number of aromatic nitrogens is 3. The number of nitrogens with one attached hydrogen (secondary N) is 2. The van der Waals surface area contributed by atoms with Gasteiger partial charge in [0.05, 0.1) is 24.2 Å². The van der Waals surface area contributed by atoms with Gasteiger partial charge < -0.3 is 20.1 Å². The molecule has 1 saturated carbocycles. The predicted molar refractivity (Wildman–Crippen MR) is 153 cm³/mol. The standard InChI is InChI=1S/C31H33F2N5O4/c1-19(36-30(40)31(2,32)33)28(21-11-14-27(41-3)34-17-21)42-24-12-13-26-25(16-24)35-18-38(26)23-10-6-7-20(15-23)29(39)37-22-8-4-5-9-22/h6-7,10-19,22,28H,4-5,8-9H2,1-3H3,(H,36,40)(H,37,39)/t19-,28?/m0/s1. The molecule has 0 aliphatic heterocycles. The second-order valence-corrected chi connectivity index (χ2v) is 10.6. The normalized spacial score (nSPS) is 15.3. The molecule has 1 fully saturated rings. The van der Waals surface area contributed by atoms with Crippen molar-refractivity contribution in [1.29, 1.82) is 0 Å². The zero-order chi connectivity index (χ0) is 29.9. The maximum atomic E-state index is 13.6. The molecular weight excluding hydrogens is 544 g/mol. The van der Waals surface area contributed by atoms with Crippen LogP contribution in [0.1, 0.15) is 61.6 Å². The Bertz CT molecular complexity index is 1560. The number of amides is 2. The molecule has 0 radical (unpaired) electrons. The van der Waals surface area contributed by atoms with Gasteiger partial charge in [-0.15, -0.1) is 0 Å². The zero-order valence-corrected chi connectivity index (χ0v) is 23.6. The number of imidazole rings is 1. The number of rotatable bonds is 10. The van der Waals surface area contributed by atoms with E-state index in [4.69, 9.17) is 9.47 Å². The number of methoxy groups -OCH3 is 1. The van der Waals surface area contributed by atoms with E-state index in [1.54, 1.807) is 43.6 Å². The SMILES string of the molecule is COc1ccc(C(Oc2ccc3c(c2)ncn3-c2cccc(C(=O)NC3CCCC3)c2)[C@H](C)NC(=O)C(C)(F)F)cn1. The van der Waals surface area contributed by atoms with Gasteiger partial charge in [0.1, 0.15) is 18.2 Å². The third-order valence-corrected chi connectivity index (χ3v) is 7.37. The van der Waals surface area contributed by atoms with Crippen LogP contribution in [0.4, 0.5) is 8.78 Å². The number of benzene rings is 2. The summed E-state index contributed by atoms with van der Waals surface area (Å²) in [6, 6.07) is 15.4. The summed E-state index contributed by atoms with van der Waals surface area (Å²) >= 11 is 0. The Hall–Kier alpha value is -4.54. The highest BCUT2D eigenvalue weighted by Gasteiger charge is 2.35. The van der Waals surface area contributed by atoms with Crippen molar-refractivity contribution >= 4 is 22.8 Å². The van der Waals surface area contributed by atoms with E-state index in [1.165, 1.54) is 13.3 Å². The first-order valence-electron chi connectivity index (χ1n) is 13.9. The van der Waals surface area contributed by atoms with Crippen LogP contribution in [0.25, 0.3) is 16.7 Å². The first kappa shape index (κ1) is 29.0. The molecule has 5 rings (SSSR count). The first-order valence-corrected chi connectivity index (χ1v) is 13.9. The summed E-state index contributed by atoms with van der Waals surface area (Å²) in [5.41, 5.74) is 3.32. The van der Waals surface area contributed by atoms with Crippen molar-refractivity contribution in [3.8, 4) is 17.3 Å². The second kappa shape index (κ2) is 12.1. The second-order valence-electron chi connectivity index (χ2n) is 10.6. The van der Waals surface area contributed by atoms with Crippen molar-refractivity contribution in [2.75, 3.05) is 7.11 Å². The number of alkyl halides is 2. The van der Waals surface area contributed by atoms with Crippen molar-refractivity contribution in [2.45, 2.75) is 63.6 Å². The largest absolute Gasteiger partial charge is 0.483 e. The smallest absolute Gasteiger partial charge is 0.321 e.